The first kappa shape index (κ1) is 79.2. The number of rotatable bonds is 46. The highest BCUT2D eigenvalue weighted by molar-refractivity contribution is 5.73. The van der Waals surface area contributed by atoms with Crippen molar-refractivity contribution in [1.29, 1.82) is 0 Å². The van der Waals surface area contributed by atoms with Gasteiger partial charge < -0.3 is 47.4 Å². The maximum absolute atomic E-state index is 12.9. The van der Waals surface area contributed by atoms with Gasteiger partial charge in [0.2, 0.25) is 12.6 Å². The summed E-state index contributed by atoms with van der Waals surface area (Å²) in [6.07, 6.45) is 5.36. The molecule has 0 aliphatic rings. The van der Waals surface area contributed by atoms with Gasteiger partial charge in [-0.25, -0.2) is 4.79 Å². The van der Waals surface area contributed by atoms with Crippen molar-refractivity contribution in [3.05, 3.63) is 0 Å². The topological polar surface area (TPSA) is 109 Å². The molecule has 8 atom stereocenters. The summed E-state index contributed by atoms with van der Waals surface area (Å²) in [6.45, 7) is 64.9. The van der Waals surface area contributed by atoms with Gasteiger partial charge in [0.25, 0.3) is 6.29 Å². The van der Waals surface area contributed by atoms with Crippen LogP contribution in [0.1, 0.15) is 239 Å². The molecule has 0 spiro atoms. The predicted octanol–water partition coefficient (Wildman–Crippen LogP) is 17.4. The third-order valence-corrected chi connectivity index (χ3v) is 14.2. The van der Waals surface area contributed by atoms with Crippen LogP contribution in [0, 0.1) is 88.8 Å². The van der Waals surface area contributed by atoms with Crippen LogP contribution in [0.5, 0.6) is 0 Å². The number of ether oxygens (including phenoxy) is 10. The summed E-state index contributed by atoms with van der Waals surface area (Å²) >= 11 is 0. The average molecular weight is 1120 g/mol. The first-order valence-corrected chi connectivity index (χ1v) is 32.0. The van der Waals surface area contributed by atoms with E-state index in [9.17, 15) is 4.79 Å². The van der Waals surface area contributed by atoms with E-state index in [0.29, 0.717) is 115 Å². The van der Waals surface area contributed by atoms with E-state index in [4.69, 9.17) is 47.4 Å². The zero-order valence-electron chi connectivity index (χ0n) is 56.7. The van der Waals surface area contributed by atoms with Gasteiger partial charge >= 0.3 is 5.97 Å². The lowest BCUT2D eigenvalue weighted by molar-refractivity contribution is -0.340. The van der Waals surface area contributed by atoms with E-state index in [-0.39, 0.29) is 56.4 Å². The predicted molar refractivity (Wildman–Crippen MR) is 328 cm³/mol. The van der Waals surface area contributed by atoms with Crippen molar-refractivity contribution >= 4 is 5.97 Å². The van der Waals surface area contributed by atoms with Crippen molar-refractivity contribution < 1.29 is 52.2 Å². The molecule has 0 saturated heterocycles. The molecule has 0 rings (SSSR count). The molecule has 0 fully saturated rings. The second-order valence-electron chi connectivity index (χ2n) is 28.4. The number of hydrogen-bond acceptors (Lipinski definition) is 11. The third-order valence-electron chi connectivity index (χ3n) is 14.2. The number of esters is 1. The van der Waals surface area contributed by atoms with Crippen molar-refractivity contribution in [3.63, 3.8) is 0 Å². The molecule has 0 aromatic carbocycles. The highest BCUT2D eigenvalue weighted by Crippen LogP contribution is 2.31. The first-order chi connectivity index (χ1) is 36.2. The zero-order chi connectivity index (χ0) is 60.4. The SMILES string of the molecule is CC(C)CC(COCCOC(OCCOC(CC(C)C)C(C)C)C(=O)OCCOC(CC(C)C)C(C)C)C(C)C.CC(C)CC(OC(OC(CC(C)C)C(C)C)C(OC(CC(C)C)C(C)C)OC(CC(C)C)C(C)C)C(C)C. The van der Waals surface area contributed by atoms with Crippen LogP contribution < -0.4 is 0 Å². The monoisotopic (exact) mass is 1120 g/mol. The summed E-state index contributed by atoms with van der Waals surface area (Å²) in [5.74, 6) is 6.68. The number of carbonyl (C=O) groups excluding carboxylic acids is 1. The Labute approximate surface area is 485 Å². The molecule has 0 N–H and O–H groups in total. The van der Waals surface area contributed by atoms with E-state index in [1.807, 2.05) is 0 Å². The Hall–Kier alpha value is -0.890. The van der Waals surface area contributed by atoms with Crippen LogP contribution in [0.25, 0.3) is 0 Å². The van der Waals surface area contributed by atoms with Gasteiger partial charge in [0.05, 0.1) is 69.7 Å². The minimum atomic E-state index is -1.12. The van der Waals surface area contributed by atoms with Crippen molar-refractivity contribution in [2.24, 2.45) is 88.8 Å². The normalized spacial score (nSPS) is 16.7. The number of hydrogen-bond donors (Lipinski definition) is 0. The third kappa shape index (κ3) is 40.4. The molecule has 78 heavy (non-hydrogen) atoms. The molecule has 0 saturated carbocycles. The molecule has 11 nitrogen and oxygen atoms in total. The quantitative estimate of drug-likeness (QED) is 0.0330. The Morgan fingerprint density at radius 1 is 0.282 bits per heavy atom. The van der Waals surface area contributed by atoms with Gasteiger partial charge in [0.1, 0.15) is 6.61 Å². The minimum Gasteiger partial charge on any atom is -0.459 e. The van der Waals surface area contributed by atoms with Crippen LogP contribution >= 0.6 is 0 Å². The lowest BCUT2D eigenvalue weighted by atomic mass is 9.88. The molecule has 0 bridgehead atoms. The molecular formula is C67H136O11. The molecule has 0 radical (unpaired) electrons. The van der Waals surface area contributed by atoms with E-state index in [2.05, 4.69) is 194 Å². The highest BCUT2D eigenvalue weighted by Gasteiger charge is 2.38. The van der Waals surface area contributed by atoms with Gasteiger partial charge in [-0.2, -0.15) is 0 Å². The molecule has 0 aromatic heterocycles. The van der Waals surface area contributed by atoms with Crippen molar-refractivity contribution in [2.45, 2.75) is 294 Å². The van der Waals surface area contributed by atoms with Crippen LogP contribution in [-0.2, 0) is 52.2 Å². The van der Waals surface area contributed by atoms with Crippen LogP contribution in [0.3, 0.4) is 0 Å². The maximum Gasteiger partial charge on any atom is 0.363 e. The van der Waals surface area contributed by atoms with E-state index in [1.54, 1.807) is 0 Å². The van der Waals surface area contributed by atoms with E-state index >= 15 is 0 Å². The smallest absolute Gasteiger partial charge is 0.363 e. The van der Waals surface area contributed by atoms with Crippen molar-refractivity contribution in [3.8, 4) is 0 Å². The lowest BCUT2D eigenvalue weighted by Gasteiger charge is -2.40. The molecular weight excluding hydrogens is 981 g/mol. The fourth-order valence-electron chi connectivity index (χ4n) is 9.34. The largest absolute Gasteiger partial charge is 0.459 e. The van der Waals surface area contributed by atoms with E-state index in [1.165, 1.54) is 0 Å². The average Bonchev–Trinajstić information content (AvgIpc) is 3.29. The summed E-state index contributed by atoms with van der Waals surface area (Å²) in [6, 6.07) is 0. The van der Waals surface area contributed by atoms with Gasteiger partial charge in [-0.3, -0.25) is 0 Å². The fourth-order valence-corrected chi connectivity index (χ4v) is 9.34. The van der Waals surface area contributed by atoms with Gasteiger partial charge in [-0.15, -0.1) is 0 Å². The summed E-state index contributed by atoms with van der Waals surface area (Å²) in [4.78, 5) is 12.9. The summed E-state index contributed by atoms with van der Waals surface area (Å²) in [7, 11) is 0. The Balaban J connectivity index is 0. The summed E-state index contributed by atoms with van der Waals surface area (Å²) in [5.41, 5.74) is 0. The number of carbonyl (C=O) groups is 1. The molecule has 0 aromatic rings. The second kappa shape index (κ2) is 44.6. The maximum atomic E-state index is 12.9. The minimum absolute atomic E-state index is 0.0757. The van der Waals surface area contributed by atoms with Crippen LogP contribution in [0.4, 0.5) is 0 Å². The Morgan fingerprint density at radius 2 is 0.538 bits per heavy atom. The summed E-state index contributed by atoms with van der Waals surface area (Å²) in [5, 5.41) is 0. The molecule has 0 amide bonds. The van der Waals surface area contributed by atoms with Gasteiger partial charge in [0.15, 0.2) is 0 Å². The van der Waals surface area contributed by atoms with Gasteiger partial charge in [-0.05, 0) is 134 Å². The molecule has 0 aliphatic heterocycles. The first-order valence-electron chi connectivity index (χ1n) is 32.0. The van der Waals surface area contributed by atoms with Crippen molar-refractivity contribution in [2.75, 3.05) is 46.2 Å². The lowest BCUT2D eigenvalue weighted by Crippen LogP contribution is -2.48. The standard InChI is InChI=1S/C34H70O4.C33H66O7/c1-21(2)17-29(25(9)10)35-33(36-30(26(11)12)18-22(3)4)34(37-31(27(13)14)19-23(5)6)38-32(28(15)16)20-24(7)8;1-23(2)19-29(26(7)8)22-35-13-14-39-33(40-18-16-37-31(28(11)12)21-25(5)6)32(34)38-17-15-36-30(27(9)10)20-24(3)4/h21-34H,17-20H2,1-16H3;23-31,33H,13-22H2,1-12H3. The van der Waals surface area contributed by atoms with Crippen LogP contribution in [0.2, 0.25) is 0 Å². The molecule has 0 aliphatic carbocycles. The molecule has 0 heterocycles. The van der Waals surface area contributed by atoms with E-state index < -0.39 is 24.8 Å². The van der Waals surface area contributed by atoms with Crippen LogP contribution in [-0.4, -0.2) is 108 Å². The van der Waals surface area contributed by atoms with Gasteiger partial charge in [0, 0.05) is 6.61 Å². The Morgan fingerprint density at radius 3 is 0.808 bits per heavy atom. The Kier molecular flexibility index (Phi) is 45.3. The van der Waals surface area contributed by atoms with Crippen LogP contribution in [0.15, 0.2) is 0 Å². The second-order valence-corrected chi connectivity index (χ2v) is 28.4. The van der Waals surface area contributed by atoms with Crippen molar-refractivity contribution in [1.82, 2.24) is 0 Å². The molecule has 470 valence electrons. The van der Waals surface area contributed by atoms with E-state index in [0.717, 1.165) is 44.9 Å². The fraction of sp³-hybridized carbons (Fsp3) is 0.985. The highest BCUT2D eigenvalue weighted by atomic mass is 16.8. The molecule has 11 heteroatoms. The molecule has 8 unspecified atom stereocenters. The van der Waals surface area contributed by atoms with Gasteiger partial charge in [-0.1, -0.05) is 194 Å². The Bertz CT molecular complexity index is 1280. The summed E-state index contributed by atoms with van der Waals surface area (Å²) < 4.78 is 62.9. The zero-order valence-corrected chi connectivity index (χ0v) is 56.7.